The minimum atomic E-state index is -4.01. The molecule has 2 aromatic rings. The molecule has 0 unspecified atom stereocenters. The molecule has 0 radical (unpaired) electrons. The van der Waals surface area contributed by atoms with Gasteiger partial charge in [-0.15, -0.1) is 0 Å². The monoisotopic (exact) mass is 558 g/mol. The van der Waals surface area contributed by atoms with E-state index in [0.717, 1.165) is 57.4 Å². The van der Waals surface area contributed by atoms with Crippen LogP contribution >= 0.6 is 0 Å². The highest BCUT2D eigenvalue weighted by molar-refractivity contribution is 7.90. The molecule has 0 saturated heterocycles. The number of nitrogens with zero attached hydrogens (tertiary/aromatic N) is 3. The zero-order chi connectivity index (χ0) is 28.7. The molecule has 0 aromatic heterocycles. The van der Waals surface area contributed by atoms with Crippen LogP contribution in [0.1, 0.15) is 55.7 Å². The first-order valence-corrected chi connectivity index (χ1v) is 14.8. The molecule has 1 N–H and O–H groups in total. The van der Waals surface area contributed by atoms with Gasteiger partial charge in [-0.3, -0.25) is 9.59 Å². The Morgan fingerprint density at radius 3 is 2.38 bits per heavy atom. The van der Waals surface area contributed by atoms with Crippen LogP contribution < -0.4 is 14.4 Å². The Morgan fingerprint density at radius 2 is 1.74 bits per heavy atom. The molecule has 1 aliphatic rings. The van der Waals surface area contributed by atoms with Crippen molar-refractivity contribution in [2.45, 2.75) is 71.5 Å². The minimum absolute atomic E-state index is 0.0861. The van der Waals surface area contributed by atoms with Crippen LogP contribution in [0.15, 0.2) is 42.5 Å². The molecule has 0 bridgehead atoms. The van der Waals surface area contributed by atoms with Gasteiger partial charge in [0.1, 0.15) is 18.3 Å². The minimum Gasteiger partial charge on any atom is -0.497 e. The fourth-order valence-corrected chi connectivity index (χ4v) is 5.92. The first-order chi connectivity index (χ1) is 18.4. The summed E-state index contributed by atoms with van der Waals surface area (Å²) in [5.74, 6) is -0.0891. The van der Waals surface area contributed by atoms with E-state index in [-0.39, 0.29) is 18.5 Å². The van der Waals surface area contributed by atoms with Crippen LogP contribution in [0.5, 0.6) is 5.75 Å². The second-order valence-electron chi connectivity index (χ2n) is 10.5. The van der Waals surface area contributed by atoms with Crippen molar-refractivity contribution in [1.82, 2.24) is 14.5 Å². The Hall–Kier alpha value is -3.11. The molecular formula is C29H42N4O5S. The molecule has 2 aromatic carbocycles. The summed E-state index contributed by atoms with van der Waals surface area (Å²) in [7, 11) is 0.426. The highest BCUT2D eigenvalue weighted by Crippen LogP contribution is 2.26. The lowest BCUT2D eigenvalue weighted by Gasteiger charge is -2.34. The number of ether oxygens (including phenoxy) is 1. The van der Waals surface area contributed by atoms with Gasteiger partial charge in [0.25, 0.3) is 0 Å². The van der Waals surface area contributed by atoms with Crippen molar-refractivity contribution >= 4 is 27.7 Å². The maximum atomic E-state index is 14.0. The van der Waals surface area contributed by atoms with Gasteiger partial charge in [-0.05, 0) is 68.5 Å². The summed E-state index contributed by atoms with van der Waals surface area (Å²) in [5, 5.41) is 3.11. The van der Waals surface area contributed by atoms with Gasteiger partial charge < -0.3 is 15.0 Å². The van der Waals surface area contributed by atoms with E-state index in [2.05, 4.69) is 5.32 Å². The quantitative estimate of drug-likeness (QED) is 0.453. The van der Waals surface area contributed by atoms with Gasteiger partial charge in [-0.2, -0.15) is 12.7 Å². The summed E-state index contributed by atoms with van der Waals surface area (Å²) in [4.78, 5) is 28.8. The van der Waals surface area contributed by atoms with Crippen molar-refractivity contribution in [3.63, 3.8) is 0 Å². The molecular weight excluding hydrogens is 516 g/mol. The van der Waals surface area contributed by atoms with E-state index in [1.54, 1.807) is 26.2 Å². The van der Waals surface area contributed by atoms with Gasteiger partial charge in [-0.1, -0.05) is 43.5 Å². The van der Waals surface area contributed by atoms with E-state index in [0.29, 0.717) is 11.4 Å². The number of carbonyl (C=O) groups is 2. The van der Waals surface area contributed by atoms with Gasteiger partial charge >= 0.3 is 10.2 Å². The van der Waals surface area contributed by atoms with E-state index in [1.807, 2.05) is 44.2 Å². The Bertz CT molecular complexity index is 1260. The molecule has 214 valence electrons. The van der Waals surface area contributed by atoms with Crippen molar-refractivity contribution in [3.8, 4) is 5.75 Å². The van der Waals surface area contributed by atoms with Crippen LogP contribution in [0.3, 0.4) is 0 Å². The summed E-state index contributed by atoms with van der Waals surface area (Å²) in [6.07, 6.45) is 5.14. The van der Waals surface area contributed by atoms with E-state index in [1.165, 1.54) is 19.0 Å². The van der Waals surface area contributed by atoms with Crippen molar-refractivity contribution in [3.05, 3.63) is 59.2 Å². The lowest BCUT2D eigenvalue weighted by molar-refractivity contribution is -0.139. The predicted octanol–water partition coefficient (Wildman–Crippen LogP) is 3.79. The molecule has 0 aliphatic heterocycles. The third-order valence-electron chi connectivity index (χ3n) is 7.26. The number of nitrogens with one attached hydrogen (secondary N) is 1. The van der Waals surface area contributed by atoms with E-state index in [4.69, 9.17) is 4.74 Å². The summed E-state index contributed by atoms with van der Waals surface area (Å²) in [6, 6.07) is 12.1. The maximum absolute atomic E-state index is 14.0. The topological polar surface area (TPSA) is 99.3 Å². The third-order valence-corrected chi connectivity index (χ3v) is 9.06. The second kappa shape index (κ2) is 13.3. The summed E-state index contributed by atoms with van der Waals surface area (Å²) >= 11 is 0. The van der Waals surface area contributed by atoms with E-state index in [9.17, 15) is 18.0 Å². The Morgan fingerprint density at radius 1 is 1.05 bits per heavy atom. The van der Waals surface area contributed by atoms with E-state index < -0.39 is 28.7 Å². The highest BCUT2D eigenvalue weighted by atomic mass is 32.2. The van der Waals surface area contributed by atoms with Crippen molar-refractivity contribution in [2.24, 2.45) is 0 Å². The number of rotatable bonds is 11. The fraction of sp³-hybridized carbons (Fsp3) is 0.517. The van der Waals surface area contributed by atoms with Gasteiger partial charge in [0, 0.05) is 26.7 Å². The second-order valence-corrected chi connectivity index (χ2v) is 12.5. The van der Waals surface area contributed by atoms with Crippen LogP contribution in [0.2, 0.25) is 0 Å². The first kappa shape index (κ1) is 30.4. The van der Waals surface area contributed by atoms with Crippen molar-refractivity contribution in [2.75, 3.05) is 32.1 Å². The van der Waals surface area contributed by atoms with Gasteiger partial charge in [0.15, 0.2) is 0 Å². The number of benzene rings is 2. The smallest absolute Gasteiger partial charge is 0.304 e. The number of hydrogen-bond donors (Lipinski definition) is 1. The van der Waals surface area contributed by atoms with Crippen LogP contribution in [-0.2, 0) is 26.3 Å². The van der Waals surface area contributed by atoms with Crippen LogP contribution in [0.25, 0.3) is 0 Å². The lowest BCUT2D eigenvalue weighted by atomic mass is 9.95. The first-order valence-electron chi connectivity index (χ1n) is 13.4. The summed E-state index contributed by atoms with van der Waals surface area (Å²) in [6.45, 7) is 5.05. The SMILES string of the molecule is COc1cccc(CN(C(=O)CN(c2cc(C)ccc2C)S(=O)(=O)N(C)C)[C@@H](C)C(=O)NC2CCCCC2)c1. The molecule has 1 aliphatic carbocycles. The lowest BCUT2D eigenvalue weighted by Crippen LogP contribution is -2.53. The van der Waals surface area contributed by atoms with E-state index >= 15 is 0 Å². The molecule has 9 nitrogen and oxygen atoms in total. The van der Waals surface area contributed by atoms with Gasteiger partial charge in [0.2, 0.25) is 11.8 Å². The zero-order valence-corrected chi connectivity index (χ0v) is 24.8. The molecule has 10 heteroatoms. The molecule has 1 atom stereocenters. The average molecular weight is 559 g/mol. The number of methoxy groups -OCH3 is 1. The van der Waals surface area contributed by atoms with Gasteiger partial charge in [-0.25, -0.2) is 4.31 Å². The van der Waals surface area contributed by atoms with Gasteiger partial charge in [0.05, 0.1) is 12.8 Å². The summed E-state index contributed by atoms with van der Waals surface area (Å²) in [5.41, 5.74) is 2.79. The zero-order valence-electron chi connectivity index (χ0n) is 23.9. The normalized spacial score (nSPS) is 15.1. The number of amides is 2. The van der Waals surface area contributed by atoms with Crippen molar-refractivity contribution < 1.29 is 22.7 Å². The summed E-state index contributed by atoms with van der Waals surface area (Å²) < 4.78 is 34.5. The predicted molar refractivity (Wildman–Crippen MR) is 154 cm³/mol. The van der Waals surface area contributed by atoms with Crippen molar-refractivity contribution in [1.29, 1.82) is 0 Å². The maximum Gasteiger partial charge on any atom is 0.304 e. The third kappa shape index (κ3) is 7.73. The molecule has 1 fully saturated rings. The largest absolute Gasteiger partial charge is 0.497 e. The van der Waals surface area contributed by atoms with Crippen LogP contribution in [0.4, 0.5) is 5.69 Å². The Labute approximate surface area is 233 Å². The highest BCUT2D eigenvalue weighted by Gasteiger charge is 2.34. The number of hydrogen-bond acceptors (Lipinski definition) is 5. The average Bonchev–Trinajstić information content (AvgIpc) is 2.91. The molecule has 2 amide bonds. The molecule has 39 heavy (non-hydrogen) atoms. The molecule has 3 rings (SSSR count). The molecule has 0 heterocycles. The number of carbonyl (C=O) groups excluding carboxylic acids is 2. The Balaban J connectivity index is 1.96. The number of anilines is 1. The van der Waals surface area contributed by atoms with Crippen LogP contribution in [0, 0.1) is 13.8 Å². The standard InChI is InChI=1S/C29H42N4O5S/c1-21-15-16-22(2)27(17-21)33(39(36,37)31(4)5)20-28(34)32(19-24-11-10-14-26(18-24)38-6)23(3)29(35)30-25-12-8-7-9-13-25/h10-11,14-18,23,25H,7-9,12-13,19-20H2,1-6H3,(H,30,35)/t23-/m0/s1. The fourth-order valence-electron chi connectivity index (χ4n) is 4.81. The molecule has 1 saturated carbocycles. The Kier molecular flexibility index (Phi) is 10.4. The van der Waals surface area contributed by atoms with Crippen LogP contribution in [-0.4, -0.2) is 69.3 Å². The number of aryl methyl sites for hydroxylation is 2. The molecule has 0 spiro atoms.